The standard InChI is InChI=1S/C10H18Br2/c1-2-3-4-5-6-7-8-10(12)9-11/h8H,2-7,9H2,1H3. The molecule has 2 heteroatoms. The molecule has 0 N–H and O–H groups in total. The number of halogens is 2. The molecule has 0 spiro atoms. The van der Waals surface area contributed by atoms with Crippen LogP contribution in [0, 0.1) is 0 Å². The minimum absolute atomic E-state index is 0.946. The molecule has 0 aromatic carbocycles. The van der Waals surface area contributed by atoms with Crippen LogP contribution >= 0.6 is 31.9 Å². The van der Waals surface area contributed by atoms with Crippen LogP contribution in [0.5, 0.6) is 0 Å². The van der Waals surface area contributed by atoms with Gasteiger partial charge in [0.05, 0.1) is 0 Å². The van der Waals surface area contributed by atoms with Crippen molar-refractivity contribution >= 4 is 31.9 Å². The first-order chi connectivity index (χ1) is 5.81. The number of hydrogen-bond donors (Lipinski definition) is 0. The Bertz CT molecular complexity index is 119. The minimum atomic E-state index is 0.946. The molecule has 0 nitrogen and oxygen atoms in total. The normalized spacial score (nSPS) is 12.1. The van der Waals surface area contributed by atoms with Crippen molar-refractivity contribution in [3.63, 3.8) is 0 Å². The number of hydrogen-bond acceptors (Lipinski definition) is 0. The van der Waals surface area contributed by atoms with E-state index in [4.69, 9.17) is 0 Å². The molecule has 0 atom stereocenters. The van der Waals surface area contributed by atoms with Crippen molar-refractivity contribution < 1.29 is 0 Å². The Morgan fingerprint density at radius 3 is 2.42 bits per heavy atom. The van der Waals surface area contributed by atoms with E-state index in [1.165, 1.54) is 43.0 Å². The predicted molar refractivity (Wildman–Crippen MR) is 64.2 cm³/mol. The lowest BCUT2D eigenvalue weighted by Crippen LogP contribution is -1.77. The van der Waals surface area contributed by atoms with E-state index < -0.39 is 0 Å². The lowest BCUT2D eigenvalue weighted by atomic mass is 10.1. The Kier molecular flexibility index (Phi) is 10.4. The lowest BCUT2D eigenvalue weighted by Gasteiger charge is -1.96. The van der Waals surface area contributed by atoms with Crippen molar-refractivity contribution in [2.75, 3.05) is 5.33 Å². The maximum Gasteiger partial charge on any atom is 0.0346 e. The summed E-state index contributed by atoms with van der Waals surface area (Å²) in [5.74, 6) is 0. The Morgan fingerprint density at radius 1 is 1.17 bits per heavy atom. The SMILES string of the molecule is CCCCCCCC=C(Br)CBr. The molecule has 0 aliphatic rings. The average Bonchev–Trinajstić information content (AvgIpc) is 2.10. The van der Waals surface area contributed by atoms with E-state index in [0.29, 0.717) is 0 Å². The summed E-state index contributed by atoms with van der Waals surface area (Å²) < 4.78 is 1.28. The van der Waals surface area contributed by atoms with Gasteiger partial charge in [0.15, 0.2) is 0 Å². The molecule has 0 fully saturated rings. The Morgan fingerprint density at radius 2 is 1.83 bits per heavy atom. The second-order valence-corrected chi connectivity index (χ2v) is 4.57. The van der Waals surface area contributed by atoms with Crippen molar-refractivity contribution in [1.82, 2.24) is 0 Å². The highest BCUT2D eigenvalue weighted by molar-refractivity contribution is 9.13. The first kappa shape index (κ1) is 12.7. The second-order valence-electron chi connectivity index (χ2n) is 2.99. The van der Waals surface area contributed by atoms with Gasteiger partial charge in [-0.3, -0.25) is 0 Å². The molecule has 0 aromatic heterocycles. The van der Waals surface area contributed by atoms with Crippen molar-refractivity contribution in [3.05, 3.63) is 10.6 Å². The number of rotatable bonds is 7. The number of unbranched alkanes of at least 4 members (excludes halogenated alkanes) is 5. The van der Waals surface area contributed by atoms with Gasteiger partial charge in [0.25, 0.3) is 0 Å². The van der Waals surface area contributed by atoms with Crippen LogP contribution in [-0.2, 0) is 0 Å². The van der Waals surface area contributed by atoms with Crippen LogP contribution in [0.25, 0.3) is 0 Å². The van der Waals surface area contributed by atoms with Gasteiger partial charge in [0.1, 0.15) is 0 Å². The van der Waals surface area contributed by atoms with Crippen LogP contribution in [0.4, 0.5) is 0 Å². The molecule has 0 unspecified atom stereocenters. The summed E-state index contributed by atoms with van der Waals surface area (Å²) in [5.41, 5.74) is 0. The molecular weight excluding hydrogens is 280 g/mol. The maximum absolute atomic E-state index is 3.47. The Balaban J connectivity index is 3.10. The minimum Gasteiger partial charge on any atom is -0.0871 e. The summed E-state index contributed by atoms with van der Waals surface area (Å²) in [6.07, 6.45) is 10.3. The lowest BCUT2D eigenvalue weighted by molar-refractivity contribution is 0.637. The molecule has 0 aromatic rings. The number of allylic oxidation sites excluding steroid dienone is 2. The van der Waals surface area contributed by atoms with Crippen LogP contribution in [0.2, 0.25) is 0 Å². The van der Waals surface area contributed by atoms with Gasteiger partial charge in [-0.15, -0.1) is 0 Å². The van der Waals surface area contributed by atoms with Crippen LogP contribution < -0.4 is 0 Å². The highest BCUT2D eigenvalue weighted by Gasteiger charge is 1.89. The Hall–Kier alpha value is 0.700. The average molecular weight is 298 g/mol. The molecule has 0 saturated carbocycles. The first-order valence-corrected chi connectivity index (χ1v) is 6.63. The molecule has 0 aliphatic carbocycles. The van der Waals surface area contributed by atoms with Crippen molar-refractivity contribution in [2.45, 2.75) is 45.4 Å². The molecule has 72 valence electrons. The van der Waals surface area contributed by atoms with Gasteiger partial charge in [0, 0.05) is 9.81 Å². The summed E-state index contributed by atoms with van der Waals surface area (Å²) in [7, 11) is 0. The molecule has 0 bridgehead atoms. The first-order valence-electron chi connectivity index (χ1n) is 4.71. The summed E-state index contributed by atoms with van der Waals surface area (Å²) in [4.78, 5) is 0. The fraction of sp³-hybridized carbons (Fsp3) is 0.800. The zero-order valence-corrected chi connectivity index (χ0v) is 11.0. The maximum atomic E-state index is 3.47. The third-order valence-electron chi connectivity index (χ3n) is 1.80. The monoisotopic (exact) mass is 296 g/mol. The molecule has 0 amide bonds. The quantitative estimate of drug-likeness (QED) is 0.457. The topological polar surface area (TPSA) is 0 Å². The third-order valence-corrected chi connectivity index (χ3v) is 3.76. The van der Waals surface area contributed by atoms with Gasteiger partial charge < -0.3 is 0 Å². The van der Waals surface area contributed by atoms with Gasteiger partial charge in [-0.25, -0.2) is 0 Å². The molecular formula is C10H18Br2. The molecule has 0 rings (SSSR count). The second kappa shape index (κ2) is 9.79. The zero-order chi connectivity index (χ0) is 9.23. The summed E-state index contributed by atoms with van der Waals surface area (Å²) in [6.45, 7) is 2.25. The molecule has 0 saturated heterocycles. The summed E-state index contributed by atoms with van der Waals surface area (Å²) >= 11 is 6.87. The van der Waals surface area contributed by atoms with E-state index in [2.05, 4.69) is 44.9 Å². The summed E-state index contributed by atoms with van der Waals surface area (Å²) in [6, 6.07) is 0. The van der Waals surface area contributed by atoms with Crippen LogP contribution in [0.15, 0.2) is 10.6 Å². The van der Waals surface area contributed by atoms with E-state index in [-0.39, 0.29) is 0 Å². The van der Waals surface area contributed by atoms with Gasteiger partial charge >= 0.3 is 0 Å². The van der Waals surface area contributed by atoms with Gasteiger partial charge in [-0.2, -0.15) is 0 Å². The van der Waals surface area contributed by atoms with E-state index in [1.54, 1.807) is 0 Å². The highest BCUT2D eigenvalue weighted by atomic mass is 79.9. The van der Waals surface area contributed by atoms with Crippen LogP contribution in [-0.4, -0.2) is 5.33 Å². The fourth-order valence-electron chi connectivity index (χ4n) is 1.06. The van der Waals surface area contributed by atoms with E-state index in [0.717, 1.165) is 5.33 Å². The zero-order valence-electron chi connectivity index (χ0n) is 7.78. The van der Waals surface area contributed by atoms with Crippen LogP contribution in [0.1, 0.15) is 45.4 Å². The molecule has 0 aliphatic heterocycles. The van der Waals surface area contributed by atoms with Crippen molar-refractivity contribution in [2.24, 2.45) is 0 Å². The summed E-state index contributed by atoms with van der Waals surface area (Å²) in [5, 5.41) is 0.946. The van der Waals surface area contributed by atoms with Gasteiger partial charge in [-0.1, -0.05) is 70.5 Å². The Labute approximate surface area is 93.1 Å². The van der Waals surface area contributed by atoms with E-state index in [9.17, 15) is 0 Å². The van der Waals surface area contributed by atoms with Gasteiger partial charge in [0.2, 0.25) is 0 Å². The highest BCUT2D eigenvalue weighted by Crippen LogP contribution is 2.12. The van der Waals surface area contributed by atoms with Crippen molar-refractivity contribution in [3.8, 4) is 0 Å². The van der Waals surface area contributed by atoms with E-state index in [1.807, 2.05) is 0 Å². The third kappa shape index (κ3) is 8.79. The fourth-order valence-corrected chi connectivity index (χ4v) is 1.52. The van der Waals surface area contributed by atoms with E-state index >= 15 is 0 Å². The van der Waals surface area contributed by atoms with Gasteiger partial charge in [-0.05, 0) is 12.8 Å². The smallest absolute Gasteiger partial charge is 0.0346 e. The van der Waals surface area contributed by atoms with Crippen molar-refractivity contribution in [1.29, 1.82) is 0 Å². The molecule has 0 heterocycles. The predicted octanol–water partition coefficient (Wildman–Crippen LogP) is 5.02. The molecule has 12 heavy (non-hydrogen) atoms. The van der Waals surface area contributed by atoms with Crippen LogP contribution in [0.3, 0.4) is 0 Å². The largest absolute Gasteiger partial charge is 0.0871 e. The number of alkyl halides is 1. The molecule has 0 radical (unpaired) electrons.